The first-order valence-corrected chi connectivity index (χ1v) is 21.3. The number of aliphatic hydroxyl groups is 6. The molecule has 0 saturated carbocycles. The molecule has 53 heavy (non-hydrogen) atoms. The van der Waals surface area contributed by atoms with Crippen LogP contribution in [0.2, 0.25) is 0 Å². The van der Waals surface area contributed by atoms with E-state index in [0.717, 1.165) is 62.1 Å². The molecule has 0 spiro atoms. The molecular formula is C39H75N5O9. The third kappa shape index (κ3) is 16.6. The highest BCUT2D eigenvalue weighted by Gasteiger charge is 2.45. The van der Waals surface area contributed by atoms with Gasteiger partial charge >= 0.3 is 5.69 Å². The Morgan fingerprint density at radius 1 is 0.792 bits per heavy atom. The van der Waals surface area contributed by atoms with E-state index in [2.05, 4.69) is 22.7 Å². The highest BCUT2D eigenvalue weighted by molar-refractivity contribution is 4.89. The predicted octanol–water partition coefficient (Wildman–Crippen LogP) is 3.73. The van der Waals surface area contributed by atoms with Gasteiger partial charge < -0.3 is 45.4 Å². The lowest BCUT2D eigenvalue weighted by Crippen LogP contribution is -2.59. The Morgan fingerprint density at radius 2 is 1.38 bits per heavy atom. The summed E-state index contributed by atoms with van der Waals surface area (Å²) in [5.74, 6) is 0.860. The fraction of sp³-hybridized carbons (Fsp3) is 0.974. The molecule has 2 aliphatic rings. The third-order valence-electron chi connectivity index (χ3n) is 11.3. The number of nitrogens with zero attached hydrogens (tertiary/aromatic N) is 4. The van der Waals surface area contributed by atoms with Gasteiger partial charge in [-0.25, -0.2) is 4.79 Å². The largest absolute Gasteiger partial charge is 0.394 e. The molecule has 14 heteroatoms. The van der Waals surface area contributed by atoms with Crippen molar-refractivity contribution in [1.82, 2.24) is 25.1 Å². The average molecular weight is 758 g/mol. The summed E-state index contributed by atoms with van der Waals surface area (Å²) in [6.45, 7) is 3.89. The van der Waals surface area contributed by atoms with E-state index in [1.54, 1.807) is 0 Å². The van der Waals surface area contributed by atoms with Gasteiger partial charge in [-0.05, 0) is 55.1 Å². The zero-order chi connectivity index (χ0) is 38.3. The summed E-state index contributed by atoms with van der Waals surface area (Å²) in [7, 11) is 0. The van der Waals surface area contributed by atoms with Crippen molar-refractivity contribution in [2.75, 3.05) is 26.3 Å². The molecule has 0 radical (unpaired) electrons. The standard InChI is InChI=1S/C39H75N5O9/c1-2-3-4-5-6-7-8-9-10-14-17-20-23-32(46)34(47)31(29-52-38-37(50)36(49)35(48)33(28-45)53-38)44-39(51)43(41-42-44)26-21-18-15-12-11-13-16-19-22-30-24-25-40-27-30/h30-38,40,45-50H,2-29H2,1H3/t30?,31-,32+,33?,34-,35?,36?,37?,38?/m0/s1. The summed E-state index contributed by atoms with van der Waals surface area (Å²) in [5, 5.41) is 74.3. The van der Waals surface area contributed by atoms with Crippen molar-refractivity contribution in [2.45, 2.75) is 210 Å². The molecule has 2 saturated heterocycles. The molecule has 6 unspecified atom stereocenters. The van der Waals surface area contributed by atoms with Gasteiger partial charge in [0.1, 0.15) is 36.6 Å². The molecule has 0 bridgehead atoms. The minimum Gasteiger partial charge on any atom is -0.394 e. The van der Waals surface area contributed by atoms with Crippen LogP contribution in [0, 0.1) is 5.92 Å². The van der Waals surface area contributed by atoms with Crippen LogP contribution < -0.4 is 11.0 Å². The van der Waals surface area contributed by atoms with Gasteiger partial charge in [0.15, 0.2) is 6.29 Å². The molecule has 2 fully saturated rings. The van der Waals surface area contributed by atoms with Crippen LogP contribution in [0.1, 0.15) is 161 Å². The Morgan fingerprint density at radius 3 is 1.96 bits per heavy atom. The second-order valence-electron chi connectivity index (χ2n) is 15.7. The quantitative estimate of drug-likeness (QED) is 0.0542. The molecule has 3 rings (SSSR count). The number of aryl methyl sites for hydroxylation is 1. The van der Waals surface area contributed by atoms with Crippen LogP contribution in [0.15, 0.2) is 4.79 Å². The van der Waals surface area contributed by atoms with E-state index in [9.17, 15) is 35.4 Å². The number of aliphatic hydroxyl groups excluding tert-OH is 6. The van der Waals surface area contributed by atoms with Gasteiger partial charge in [-0.3, -0.25) is 0 Å². The molecule has 9 atom stereocenters. The Balaban J connectivity index is 1.46. The summed E-state index contributed by atoms with van der Waals surface area (Å²) in [6, 6.07) is -1.18. The minimum absolute atomic E-state index is 0.316. The van der Waals surface area contributed by atoms with Gasteiger partial charge in [-0.15, -0.1) is 0 Å². The van der Waals surface area contributed by atoms with E-state index in [1.165, 1.54) is 101 Å². The van der Waals surface area contributed by atoms with E-state index >= 15 is 0 Å². The van der Waals surface area contributed by atoms with Crippen molar-refractivity contribution in [3.05, 3.63) is 10.5 Å². The molecule has 3 heterocycles. The molecule has 2 aliphatic heterocycles. The monoisotopic (exact) mass is 758 g/mol. The van der Waals surface area contributed by atoms with Crippen molar-refractivity contribution in [2.24, 2.45) is 5.92 Å². The molecule has 7 N–H and O–H groups in total. The van der Waals surface area contributed by atoms with Gasteiger partial charge in [0, 0.05) is 6.54 Å². The number of ether oxygens (including phenoxy) is 2. The highest BCUT2D eigenvalue weighted by Crippen LogP contribution is 2.25. The fourth-order valence-electron chi connectivity index (χ4n) is 7.68. The first kappa shape index (κ1) is 45.9. The van der Waals surface area contributed by atoms with Gasteiger partial charge in [-0.2, -0.15) is 9.36 Å². The lowest BCUT2D eigenvalue weighted by atomic mass is 9.98. The number of nitrogens with one attached hydrogen (secondary N) is 1. The second-order valence-corrected chi connectivity index (χ2v) is 15.7. The Kier molecular flexibility index (Phi) is 23.5. The number of aromatic nitrogens is 4. The van der Waals surface area contributed by atoms with Crippen LogP contribution in [0.5, 0.6) is 0 Å². The molecule has 14 nitrogen and oxygen atoms in total. The van der Waals surface area contributed by atoms with E-state index in [0.29, 0.717) is 19.4 Å². The molecule has 0 aliphatic carbocycles. The molecule has 0 aromatic carbocycles. The van der Waals surface area contributed by atoms with Crippen molar-refractivity contribution in [3.8, 4) is 0 Å². The van der Waals surface area contributed by atoms with Gasteiger partial charge in [0.25, 0.3) is 0 Å². The van der Waals surface area contributed by atoms with Crippen molar-refractivity contribution in [1.29, 1.82) is 0 Å². The molecule has 0 amide bonds. The smallest absolute Gasteiger partial charge is 0.364 e. The number of rotatable bonds is 31. The summed E-state index contributed by atoms with van der Waals surface area (Å²) in [5.41, 5.74) is -0.554. The van der Waals surface area contributed by atoms with Crippen LogP contribution in [0.4, 0.5) is 0 Å². The number of tetrazole rings is 1. The number of hydrogen-bond acceptors (Lipinski definition) is 12. The maximum Gasteiger partial charge on any atom is 0.364 e. The SMILES string of the molecule is CCCCCCCCCCCCCC[C@@H](O)[C@@H](O)[C@H](COC1OC(CO)C(O)C(O)C1O)n1nnn(CCCCCCCCCCC2CCNC2)c1=O. The predicted molar refractivity (Wildman–Crippen MR) is 203 cm³/mol. The molecule has 1 aromatic heterocycles. The van der Waals surface area contributed by atoms with Crippen LogP contribution in [0.25, 0.3) is 0 Å². The summed E-state index contributed by atoms with van der Waals surface area (Å²) >= 11 is 0. The Hall–Kier alpha value is -1.49. The van der Waals surface area contributed by atoms with Gasteiger partial charge in [-0.1, -0.05) is 129 Å². The topological polar surface area (TPSA) is 205 Å². The maximum absolute atomic E-state index is 13.4. The van der Waals surface area contributed by atoms with Gasteiger partial charge in [0.05, 0.1) is 19.3 Å². The van der Waals surface area contributed by atoms with E-state index in [-0.39, 0.29) is 0 Å². The third-order valence-corrected chi connectivity index (χ3v) is 11.3. The fourth-order valence-corrected chi connectivity index (χ4v) is 7.68. The number of hydrogen-bond donors (Lipinski definition) is 7. The molecular weight excluding hydrogens is 682 g/mol. The van der Waals surface area contributed by atoms with Crippen LogP contribution in [0.3, 0.4) is 0 Å². The van der Waals surface area contributed by atoms with Crippen LogP contribution in [-0.2, 0) is 16.0 Å². The average Bonchev–Trinajstić information content (AvgIpc) is 3.82. The molecule has 310 valence electrons. The van der Waals surface area contributed by atoms with Crippen LogP contribution in [-0.4, -0.2) is 120 Å². The van der Waals surface area contributed by atoms with Crippen LogP contribution >= 0.6 is 0 Å². The first-order chi connectivity index (χ1) is 25.8. The van der Waals surface area contributed by atoms with E-state index in [4.69, 9.17) is 9.47 Å². The Bertz CT molecular complexity index is 1100. The number of unbranched alkanes of at least 4 members (excludes halogenated alkanes) is 18. The molecule has 1 aromatic rings. The van der Waals surface area contributed by atoms with Crippen molar-refractivity contribution in [3.63, 3.8) is 0 Å². The lowest BCUT2D eigenvalue weighted by Gasteiger charge is -2.40. The van der Waals surface area contributed by atoms with Crippen molar-refractivity contribution >= 4 is 0 Å². The zero-order valence-electron chi connectivity index (χ0n) is 32.7. The summed E-state index contributed by atoms with van der Waals surface area (Å²) in [4.78, 5) is 13.4. The normalized spacial score (nSPS) is 25.2. The zero-order valence-corrected chi connectivity index (χ0v) is 32.7. The maximum atomic E-state index is 13.4. The second kappa shape index (κ2) is 27.2. The van der Waals surface area contributed by atoms with E-state index in [1.807, 2.05) is 0 Å². The highest BCUT2D eigenvalue weighted by atomic mass is 16.7. The minimum atomic E-state index is -1.65. The lowest BCUT2D eigenvalue weighted by molar-refractivity contribution is -0.304. The summed E-state index contributed by atoms with van der Waals surface area (Å²) in [6.07, 6.45) is 15.9. The first-order valence-electron chi connectivity index (χ1n) is 21.3. The van der Waals surface area contributed by atoms with E-state index < -0.39 is 67.9 Å². The Labute approximate surface area is 317 Å². The van der Waals surface area contributed by atoms with Crippen molar-refractivity contribution < 1.29 is 40.1 Å². The summed E-state index contributed by atoms with van der Waals surface area (Å²) < 4.78 is 13.5. The van der Waals surface area contributed by atoms with Gasteiger partial charge in [0.2, 0.25) is 0 Å².